The van der Waals surface area contributed by atoms with Crippen molar-refractivity contribution in [3.63, 3.8) is 0 Å². The summed E-state index contributed by atoms with van der Waals surface area (Å²) in [5, 5.41) is 3.00. The number of hydrogen-bond acceptors (Lipinski definition) is 4. The third kappa shape index (κ3) is 6.54. The minimum absolute atomic E-state index is 0.282. The Balaban J connectivity index is 5.14. The fourth-order valence-corrected chi connectivity index (χ4v) is 2.45. The largest absolute Gasteiger partial charge is 0.480 e. The molecule has 0 aromatic heterocycles. The van der Waals surface area contributed by atoms with Gasteiger partial charge in [-0.25, -0.2) is 0 Å². The molecule has 5 nitrogen and oxygen atoms in total. The molecule has 0 radical (unpaired) electrons. The Labute approximate surface area is 147 Å². The van der Waals surface area contributed by atoms with Gasteiger partial charge in [-0.3, -0.25) is 4.79 Å². The maximum Gasteiger partial charge on any atom is 0.242 e. The van der Waals surface area contributed by atoms with Gasteiger partial charge in [0.1, 0.15) is 11.1 Å². The third-order valence-electron chi connectivity index (χ3n) is 4.03. The molecule has 0 aliphatic rings. The minimum Gasteiger partial charge on any atom is -0.480 e. The van der Waals surface area contributed by atoms with Crippen LogP contribution < -0.4 is 16.8 Å². The van der Waals surface area contributed by atoms with Gasteiger partial charge in [0.2, 0.25) is 5.91 Å². The first-order valence-corrected chi connectivity index (χ1v) is 8.26. The van der Waals surface area contributed by atoms with Gasteiger partial charge in [-0.15, -0.1) is 0 Å². The zero-order chi connectivity index (χ0) is 19.4. The molecule has 5 N–H and O–H groups in total. The highest BCUT2D eigenvalue weighted by Crippen LogP contribution is 2.27. The van der Waals surface area contributed by atoms with Crippen molar-refractivity contribution in [2.75, 3.05) is 0 Å². The van der Waals surface area contributed by atoms with Gasteiger partial charge in [-0.05, 0) is 74.3 Å². The highest BCUT2D eigenvalue weighted by Gasteiger charge is 2.43. The topological polar surface area (TPSA) is 90.4 Å². The summed E-state index contributed by atoms with van der Waals surface area (Å²) >= 11 is 0. The Hall–Kier alpha value is -1.51. The Morgan fingerprint density at radius 1 is 1.12 bits per heavy atom. The van der Waals surface area contributed by atoms with E-state index in [-0.39, 0.29) is 5.91 Å². The summed E-state index contributed by atoms with van der Waals surface area (Å²) < 4.78 is 5.98. The average molecular weight is 338 g/mol. The van der Waals surface area contributed by atoms with Gasteiger partial charge < -0.3 is 21.5 Å². The molecule has 0 saturated carbocycles. The van der Waals surface area contributed by atoms with Gasteiger partial charge in [-0.1, -0.05) is 5.92 Å². The fraction of sp³-hybridized carbons (Fsp3) is 0.737. The normalized spacial score (nSPS) is 15.9. The van der Waals surface area contributed by atoms with Crippen molar-refractivity contribution in [1.29, 1.82) is 0 Å². The molecule has 0 heterocycles. The molecule has 1 unspecified atom stereocenters. The van der Waals surface area contributed by atoms with E-state index in [4.69, 9.17) is 16.2 Å². The van der Waals surface area contributed by atoms with Crippen LogP contribution >= 0.6 is 0 Å². The second-order valence-corrected chi connectivity index (χ2v) is 8.33. The average Bonchev–Trinajstić information content (AvgIpc) is 2.34. The van der Waals surface area contributed by atoms with Crippen LogP contribution in [0, 0.1) is 11.8 Å². The fourth-order valence-electron chi connectivity index (χ4n) is 2.45. The molecular formula is C19H35N3O2. The number of hydrogen-bond donors (Lipinski definition) is 3. The predicted octanol–water partition coefficient (Wildman–Crippen LogP) is 2.45. The lowest BCUT2D eigenvalue weighted by atomic mass is 9.80. The summed E-state index contributed by atoms with van der Waals surface area (Å²) in [7, 11) is 0. The molecule has 1 amide bonds. The van der Waals surface area contributed by atoms with Gasteiger partial charge in [0.05, 0.1) is 0 Å². The molecule has 0 spiro atoms. The zero-order valence-corrected chi connectivity index (χ0v) is 16.8. The van der Waals surface area contributed by atoms with Crippen LogP contribution in [-0.4, -0.2) is 28.1 Å². The van der Waals surface area contributed by atoms with Crippen molar-refractivity contribution in [2.24, 2.45) is 11.5 Å². The standard InChI is InChI=1S/C19H35N3O2/c1-10-12-14(11-2)24-17(5,6)13-16(3,4)22-15(23)19(9,21)18(7,8)20/h11H,13,20-21H2,1-9H3,(H,22,23). The van der Waals surface area contributed by atoms with Gasteiger partial charge in [-0.2, -0.15) is 0 Å². The van der Waals surface area contributed by atoms with Gasteiger partial charge in [0.15, 0.2) is 5.76 Å². The zero-order valence-electron chi connectivity index (χ0n) is 16.8. The van der Waals surface area contributed by atoms with Crippen molar-refractivity contribution >= 4 is 5.91 Å². The quantitative estimate of drug-likeness (QED) is 0.491. The SMILES string of the molecule is CC#CC(=CC)OC(C)(C)CC(C)(C)NC(=O)C(C)(N)C(C)(C)N. The first-order chi connectivity index (χ1) is 10.6. The van der Waals surface area contributed by atoms with E-state index in [0.29, 0.717) is 12.2 Å². The number of nitrogens with one attached hydrogen (secondary N) is 1. The summed E-state index contributed by atoms with van der Waals surface area (Å²) in [6, 6.07) is 0. The molecule has 0 rings (SSSR count). The Kier molecular flexibility index (Phi) is 7.11. The second kappa shape index (κ2) is 7.58. The van der Waals surface area contributed by atoms with E-state index in [9.17, 15) is 4.79 Å². The molecule has 0 saturated heterocycles. The highest BCUT2D eigenvalue weighted by molar-refractivity contribution is 5.87. The van der Waals surface area contributed by atoms with Crippen LogP contribution in [0.2, 0.25) is 0 Å². The van der Waals surface area contributed by atoms with Crippen LogP contribution in [0.3, 0.4) is 0 Å². The van der Waals surface area contributed by atoms with Crippen molar-refractivity contribution in [3.8, 4) is 11.8 Å². The van der Waals surface area contributed by atoms with Crippen LogP contribution in [0.5, 0.6) is 0 Å². The van der Waals surface area contributed by atoms with Crippen molar-refractivity contribution in [2.45, 2.75) is 91.0 Å². The molecular weight excluding hydrogens is 302 g/mol. The third-order valence-corrected chi connectivity index (χ3v) is 4.03. The molecule has 138 valence electrons. The lowest BCUT2D eigenvalue weighted by Gasteiger charge is -2.41. The number of ether oxygens (including phenoxy) is 1. The van der Waals surface area contributed by atoms with E-state index in [1.165, 1.54) is 0 Å². The number of rotatable bonds is 7. The Morgan fingerprint density at radius 3 is 2.00 bits per heavy atom. The van der Waals surface area contributed by atoms with Gasteiger partial charge in [0.25, 0.3) is 0 Å². The predicted molar refractivity (Wildman–Crippen MR) is 100 cm³/mol. The summed E-state index contributed by atoms with van der Waals surface area (Å²) in [5.74, 6) is 6.09. The van der Waals surface area contributed by atoms with Crippen LogP contribution in [0.15, 0.2) is 11.8 Å². The number of carbonyl (C=O) groups excluding carboxylic acids is 1. The lowest BCUT2D eigenvalue weighted by molar-refractivity contribution is -0.130. The van der Waals surface area contributed by atoms with Crippen molar-refractivity contribution < 1.29 is 9.53 Å². The van der Waals surface area contributed by atoms with Crippen LogP contribution in [0.1, 0.15) is 68.7 Å². The molecule has 0 fully saturated rings. The first kappa shape index (κ1) is 22.5. The van der Waals surface area contributed by atoms with E-state index < -0.39 is 22.2 Å². The Morgan fingerprint density at radius 2 is 1.62 bits per heavy atom. The van der Waals surface area contributed by atoms with E-state index in [1.54, 1.807) is 27.7 Å². The van der Waals surface area contributed by atoms with Crippen LogP contribution in [-0.2, 0) is 9.53 Å². The summed E-state index contributed by atoms with van der Waals surface area (Å²) in [5.41, 5.74) is 9.15. The molecule has 5 heteroatoms. The van der Waals surface area contributed by atoms with Crippen molar-refractivity contribution in [1.82, 2.24) is 5.32 Å². The number of amides is 1. The molecule has 1 atom stereocenters. The lowest BCUT2D eigenvalue weighted by Crippen LogP contribution is -2.70. The monoisotopic (exact) mass is 337 g/mol. The maximum absolute atomic E-state index is 12.6. The second-order valence-electron chi connectivity index (χ2n) is 8.33. The summed E-state index contributed by atoms with van der Waals surface area (Å²) in [6.07, 6.45) is 2.41. The maximum atomic E-state index is 12.6. The summed E-state index contributed by atoms with van der Waals surface area (Å²) in [4.78, 5) is 12.6. The van der Waals surface area contributed by atoms with E-state index in [0.717, 1.165) is 0 Å². The van der Waals surface area contributed by atoms with E-state index in [1.807, 2.05) is 40.7 Å². The molecule has 0 aliphatic heterocycles. The molecule has 0 aromatic carbocycles. The van der Waals surface area contributed by atoms with Gasteiger partial charge in [0, 0.05) is 17.5 Å². The van der Waals surface area contributed by atoms with E-state index in [2.05, 4.69) is 17.2 Å². The highest BCUT2D eigenvalue weighted by atomic mass is 16.5. The summed E-state index contributed by atoms with van der Waals surface area (Å²) in [6.45, 7) is 16.6. The first-order valence-electron chi connectivity index (χ1n) is 8.26. The molecule has 24 heavy (non-hydrogen) atoms. The number of carbonyl (C=O) groups is 1. The molecule has 0 bridgehead atoms. The molecule has 0 aromatic rings. The van der Waals surface area contributed by atoms with Crippen molar-refractivity contribution in [3.05, 3.63) is 11.8 Å². The Bertz CT molecular complexity index is 541. The van der Waals surface area contributed by atoms with E-state index >= 15 is 0 Å². The van der Waals surface area contributed by atoms with Crippen LogP contribution in [0.4, 0.5) is 0 Å². The number of nitrogens with two attached hydrogens (primary N) is 2. The number of allylic oxidation sites excluding steroid dienone is 2. The minimum atomic E-state index is -1.18. The smallest absolute Gasteiger partial charge is 0.242 e. The molecule has 0 aliphatic carbocycles. The van der Waals surface area contributed by atoms with Gasteiger partial charge >= 0.3 is 0 Å². The van der Waals surface area contributed by atoms with Crippen LogP contribution in [0.25, 0.3) is 0 Å².